The molecule has 1 unspecified atom stereocenters. The van der Waals surface area contributed by atoms with Gasteiger partial charge in [-0.1, -0.05) is 30.3 Å². The van der Waals surface area contributed by atoms with Crippen LogP contribution in [0.4, 0.5) is 4.39 Å². The van der Waals surface area contributed by atoms with Crippen molar-refractivity contribution in [2.75, 3.05) is 20.7 Å². The normalized spacial score (nSPS) is 18.2. The number of benzene rings is 2. The highest BCUT2D eigenvalue weighted by Gasteiger charge is 2.37. The molecule has 2 aromatic carbocycles. The lowest BCUT2D eigenvalue weighted by Gasteiger charge is -2.25. The van der Waals surface area contributed by atoms with Crippen molar-refractivity contribution in [3.8, 4) is 5.75 Å². The van der Waals surface area contributed by atoms with Gasteiger partial charge in [0.2, 0.25) is 5.91 Å². The summed E-state index contributed by atoms with van der Waals surface area (Å²) in [7, 11) is 3.23. The van der Waals surface area contributed by atoms with Crippen LogP contribution >= 0.6 is 0 Å². The summed E-state index contributed by atoms with van der Waals surface area (Å²) in [4.78, 5) is 26.8. The largest absolute Gasteiger partial charge is 0.497 e. The van der Waals surface area contributed by atoms with E-state index in [1.165, 1.54) is 16.0 Å². The first kappa shape index (κ1) is 20.1. The maximum Gasteiger partial charge on any atom is 0.262 e. The van der Waals surface area contributed by atoms with Crippen molar-refractivity contribution in [1.29, 1.82) is 0 Å². The number of halogens is 1. The first-order chi connectivity index (χ1) is 14.5. The van der Waals surface area contributed by atoms with E-state index in [0.29, 0.717) is 23.4 Å². The number of nitrogens with zero attached hydrogens (tertiary/aromatic N) is 3. The van der Waals surface area contributed by atoms with Crippen LogP contribution in [0.1, 0.15) is 36.4 Å². The first-order valence-corrected chi connectivity index (χ1v) is 10.0. The summed E-state index contributed by atoms with van der Waals surface area (Å²) in [5.74, 6) is 0.0661. The maximum absolute atomic E-state index is 14.4. The molecule has 0 saturated heterocycles. The molecule has 2 aliphatic rings. The molecule has 0 aromatic heterocycles. The Morgan fingerprint density at radius 1 is 1.17 bits per heavy atom. The van der Waals surface area contributed by atoms with Crippen molar-refractivity contribution in [2.45, 2.75) is 25.3 Å². The predicted molar refractivity (Wildman–Crippen MR) is 110 cm³/mol. The van der Waals surface area contributed by atoms with Gasteiger partial charge in [0.1, 0.15) is 18.1 Å². The molecule has 0 radical (unpaired) electrons. The van der Waals surface area contributed by atoms with Crippen LogP contribution in [0.15, 0.2) is 53.6 Å². The fourth-order valence-corrected chi connectivity index (χ4v) is 3.68. The molecule has 1 saturated carbocycles. The maximum atomic E-state index is 14.4. The number of likely N-dealkylation sites (N-methyl/N-ethyl adjacent to an activating group) is 1. The number of ether oxygens (including phenoxy) is 1. The molecular formula is C23H24FN3O3. The summed E-state index contributed by atoms with van der Waals surface area (Å²) in [6.45, 7) is -0.0595. The monoisotopic (exact) mass is 409 g/mol. The van der Waals surface area contributed by atoms with E-state index in [4.69, 9.17) is 4.74 Å². The van der Waals surface area contributed by atoms with E-state index < -0.39 is 0 Å². The average Bonchev–Trinajstić information content (AvgIpc) is 3.51. The van der Waals surface area contributed by atoms with E-state index in [0.717, 1.165) is 18.4 Å². The number of hydrazone groups is 1. The Balaban J connectivity index is 1.61. The number of methoxy groups -OCH3 is 1. The summed E-state index contributed by atoms with van der Waals surface area (Å²) in [5, 5.41) is 5.87. The summed E-state index contributed by atoms with van der Waals surface area (Å²) in [5.41, 5.74) is 1.77. The van der Waals surface area contributed by atoms with Gasteiger partial charge in [0, 0.05) is 24.9 Å². The fraction of sp³-hybridized carbons (Fsp3) is 0.348. The Morgan fingerprint density at radius 2 is 1.87 bits per heavy atom. The third-order valence-electron chi connectivity index (χ3n) is 5.53. The third-order valence-corrected chi connectivity index (χ3v) is 5.53. The molecule has 7 heteroatoms. The Hall–Kier alpha value is -3.22. The molecule has 1 atom stereocenters. The molecule has 4 rings (SSSR count). The lowest BCUT2D eigenvalue weighted by Crippen LogP contribution is -2.39. The fourth-order valence-electron chi connectivity index (χ4n) is 3.68. The van der Waals surface area contributed by atoms with Crippen molar-refractivity contribution in [1.82, 2.24) is 9.91 Å². The summed E-state index contributed by atoms with van der Waals surface area (Å²) in [6.07, 6.45) is 2.15. The van der Waals surface area contributed by atoms with Gasteiger partial charge in [-0.05, 0) is 36.6 Å². The van der Waals surface area contributed by atoms with Crippen molar-refractivity contribution in [3.63, 3.8) is 0 Å². The summed E-state index contributed by atoms with van der Waals surface area (Å²) in [6, 6.07) is 13.4. The smallest absolute Gasteiger partial charge is 0.262 e. The quantitative estimate of drug-likeness (QED) is 0.735. The van der Waals surface area contributed by atoms with Crippen LogP contribution in [0.25, 0.3) is 0 Å². The zero-order valence-electron chi connectivity index (χ0n) is 17.0. The minimum absolute atomic E-state index is 0.0122. The van der Waals surface area contributed by atoms with Gasteiger partial charge in [0.05, 0.1) is 18.9 Å². The first-order valence-electron chi connectivity index (χ1n) is 10.0. The van der Waals surface area contributed by atoms with Gasteiger partial charge in [-0.2, -0.15) is 5.10 Å². The minimum Gasteiger partial charge on any atom is -0.497 e. The van der Waals surface area contributed by atoms with Gasteiger partial charge in [-0.3, -0.25) is 9.59 Å². The second-order valence-electron chi connectivity index (χ2n) is 7.73. The summed E-state index contributed by atoms with van der Waals surface area (Å²) < 4.78 is 19.6. The van der Waals surface area contributed by atoms with E-state index in [9.17, 15) is 14.0 Å². The topological polar surface area (TPSA) is 62.2 Å². The van der Waals surface area contributed by atoms with Crippen LogP contribution in [-0.4, -0.2) is 48.1 Å². The highest BCUT2D eigenvalue weighted by molar-refractivity contribution is 6.03. The Bertz CT molecular complexity index is 985. The molecule has 30 heavy (non-hydrogen) atoms. The molecular weight excluding hydrogens is 385 g/mol. The zero-order valence-corrected chi connectivity index (χ0v) is 17.0. The standard InChI is InChI=1S/C23H24FN3O3/c1-26(23(29)16-7-8-16)14-22(28)27-21(15-9-11-17(30-2)12-10-15)13-20(25-27)18-5-3-4-6-19(18)24/h3-6,9-12,16,21H,7-8,13-14H2,1-2H3. The highest BCUT2D eigenvalue weighted by Crippen LogP contribution is 2.35. The second-order valence-corrected chi connectivity index (χ2v) is 7.73. The molecule has 2 amide bonds. The molecule has 1 aliphatic heterocycles. The van der Waals surface area contributed by atoms with Gasteiger partial charge in [0.15, 0.2) is 0 Å². The Labute approximate surface area is 174 Å². The van der Waals surface area contributed by atoms with Crippen molar-refractivity contribution >= 4 is 17.5 Å². The average molecular weight is 409 g/mol. The predicted octanol–water partition coefficient (Wildman–Crippen LogP) is 3.38. The van der Waals surface area contributed by atoms with Gasteiger partial charge >= 0.3 is 0 Å². The molecule has 6 nitrogen and oxygen atoms in total. The van der Waals surface area contributed by atoms with Gasteiger partial charge < -0.3 is 9.64 Å². The van der Waals surface area contributed by atoms with E-state index in [-0.39, 0.29) is 36.1 Å². The minimum atomic E-state index is -0.375. The van der Waals surface area contributed by atoms with Crippen LogP contribution in [0.5, 0.6) is 5.75 Å². The van der Waals surface area contributed by atoms with Gasteiger partial charge in [-0.25, -0.2) is 9.40 Å². The van der Waals surface area contributed by atoms with E-state index in [1.54, 1.807) is 32.4 Å². The molecule has 2 aromatic rings. The van der Waals surface area contributed by atoms with Crippen LogP contribution in [-0.2, 0) is 9.59 Å². The second kappa shape index (κ2) is 8.26. The van der Waals surface area contributed by atoms with E-state index in [2.05, 4.69) is 5.10 Å². The van der Waals surface area contributed by atoms with Crippen LogP contribution in [0.2, 0.25) is 0 Å². The molecule has 0 bridgehead atoms. The molecule has 156 valence electrons. The third kappa shape index (κ3) is 4.06. The molecule has 1 aliphatic carbocycles. The number of carbonyl (C=O) groups excluding carboxylic acids is 2. The molecule has 0 spiro atoms. The molecule has 1 heterocycles. The Kier molecular flexibility index (Phi) is 5.53. The SMILES string of the molecule is COc1ccc(C2CC(c3ccccc3F)=NN2C(=O)CN(C)C(=O)C2CC2)cc1. The lowest BCUT2D eigenvalue weighted by atomic mass is 9.98. The van der Waals surface area contributed by atoms with E-state index >= 15 is 0 Å². The van der Waals surface area contributed by atoms with E-state index in [1.807, 2.05) is 24.3 Å². The van der Waals surface area contributed by atoms with Crippen molar-refractivity contribution < 1.29 is 18.7 Å². The summed E-state index contributed by atoms with van der Waals surface area (Å²) >= 11 is 0. The Morgan fingerprint density at radius 3 is 2.50 bits per heavy atom. The number of hydrogen-bond acceptors (Lipinski definition) is 4. The molecule has 1 fully saturated rings. The number of hydrogen-bond donors (Lipinski definition) is 0. The zero-order chi connectivity index (χ0) is 21.3. The van der Waals surface area contributed by atoms with Crippen LogP contribution in [0, 0.1) is 11.7 Å². The van der Waals surface area contributed by atoms with Crippen molar-refractivity contribution in [3.05, 3.63) is 65.5 Å². The number of rotatable bonds is 6. The van der Waals surface area contributed by atoms with Crippen molar-refractivity contribution in [2.24, 2.45) is 11.0 Å². The number of amides is 2. The molecule has 0 N–H and O–H groups in total. The number of carbonyl (C=O) groups is 2. The lowest BCUT2D eigenvalue weighted by molar-refractivity contribution is -0.141. The van der Waals surface area contributed by atoms with Crippen LogP contribution < -0.4 is 4.74 Å². The van der Waals surface area contributed by atoms with Crippen LogP contribution in [0.3, 0.4) is 0 Å². The van der Waals surface area contributed by atoms with Gasteiger partial charge in [-0.15, -0.1) is 0 Å². The van der Waals surface area contributed by atoms with Gasteiger partial charge in [0.25, 0.3) is 5.91 Å². The highest BCUT2D eigenvalue weighted by atomic mass is 19.1.